The van der Waals surface area contributed by atoms with Gasteiger partial charge in [0.1, 0.15) is 5.82 Å². The average molecular weight is 358 g/mol. The maximum Gasteiger partial charge on any atom is 0.255 e. The van der Waals surface area contributed by atoms with Crippen LogP contribution in [0.15, 0.2) is 82.6 Å². The number of carbonyl (C=O) groups is 1. The van der Waals surface area contributed by atoms with Crippen LogP contribution in [0.25, 0.3) is 0 Å². The molecule has 1 N–H and O–H groups in total. The summed E-state index contributed by atoms with van der Waals surface area (Å²) in [4.78, 5) is 14.1. The van der Waals surface area contributed by atoms with Gasteiger partial charge in [-0.05, 0) is 60.7 Å². The fourth-order valence-corrected chi connectivity index (χ4v) is 3.16. The molecule has 0 heterocycles. The number of carbonyl (C=O) groups excluding carboxylic acids is 1. The molecule has 0 aliphatic heterocycles. The number of nitrogens with one attached hydrogen (secondary N) is 1. The molecule has 3 aromatic rings. The highest BCUT2D eigenvalue weighted by molar-refractivity contribution is 7.99. The number of rotatable bonds is 4. The summed E-state index contributed by atoms with van der Waals surface area (Å²) in [5.41, 5.74) is 1.08. The lowest BCUT2D eigenvalue weighted by atomic mass is 10.2. The summed E-state index contributed by atoms with van der Waals surface area (Å²) in [6, 6.07) is 20.5. The van der Waals surface area contributed by atoms with Crippen molar-refractivity contribution >= 4 is 35.0 Å². The molecule has 0 saturated heterocycles. The van der Waals surface area contributed by atoms with Gasteiger partial charge in [-0.25, -0.2) is 4.39 Å². The third-order valence-corrected chi connectivity index (χ3v) is 4.81. The molecule has 0 aliphatic carbocycles. The quantitative estimate of drug-likeness (QED) is 0.631. The van der Waals surface area contributed by atoms with Gasteiger partial charge >= 0.3 is 0 Å². The van der Waals surface area contributed by atoms with E-state index in [1.54, 1.807) is 11.8 Å². The van der Waals surface area contributed by atoms with Crippen LogP contribution in [0.4, 0.5) is 10.1 Å². The topological polar surface area (TPSA) is 29.1 Å². The maximum atomic E-state index is 12.9. The van der Waals surface area contributed by atoms with E-state index in [4.69, 9.17) is 11.6 Å². The van der Waals surface area contributed by atoms with E-state index < -0.39 is 0 Å². The molecule has 2 nitrogen and oxygen atoms in total. The van der Waals surface area contributed by atoms with Crippen LogP contribution in [0, 0.1) is 5.82 Å². The zero-order valence-electron chi connectivity index (χ0n) is 12.5. The van der Waals surface area contributed by atoms with Gasteiger partial charge in [-0.3, -0.25) is 4.79 Å². The van der Waals surface area contributed by atoms with E-state index >= 15 is 0 Å². The molecular weight excluding hydrogens is 345 g/mol. The van der Waals surface area contributed by atoms with Gasteiger partial charge in [0.15, 0.2) is 0 Å². The highest BCUT2D eigenvalue weighted by atomic mass is 35.5. The number of halogens is 2. The van der Waals surface area contributed by atoms with Crippen molar-refractivity contribution in [1.82, 2.24) is 0 Å². The van der Waals surface area contributed by atoms with E-state index in [-0.39, 0.29) is 11.7 Å². The normalized spacial score (nSPS) is 10.4. The van der Waals surface area contributed by atoms with Gasteiger partial charge in [-0.1, -0.05) is 35.5 Å². The molecule has 0 radical (unpaired) electrons. The number of benzene rings is 3. The Labute approximate surface area is 148 Å². The monoisotopic (exact) mass is 357 g/mol. The first kappa shape index (κ1) is 16.6. The fraction of sp³-hybridized carbons (Fsp3) is 0. The molecule has 0 fully saturated rings. The molecule has 3 aromatic carbocycles. The summed E-state index contributed by atoms with van der Waals surface area (Å²) >= 11 is 7.70. The van der Waals surface area contributed by atoms with E-state index in [9.17, 15) is 9.18 Å². The molecule has 0 bridgehead atoms. The Bertz CT molecular complexity index is 850. The first-order valence-corrected chi connectivity index (χ1v) is 8.40. The zero-order valence-corrected chi connectivity index (χ0v) is 14.1. The van der Waals surface area contributed by atoms with Crippen LogP contribution < -0.4 is 5.32 Å². The highest BCUT2D eigenvalue weighted by Gasteiger charge is 2.07. The summed E-state index contributed by atoms with van der Waals surface area (Å²) in [5.74, 6) is -0.644. The summed E-state index contributed by atoms with van der Waals surface area (Å²) in [5, 5.41) is 3.49. The Morgan fingerprint density at radius 3 is 2.25 bits per heavy atom. The van der Waals surface area contributed by atoms with E-state index in [1.807, 2.05) is 48.5 Å². The van der Waals surface area contributed by atoms with Gasteiger partial charge in [0.2, 0.25) is 0 Å². The van der Waals surface area contributed by atoms with Crippen molar-refractivity contribution < 1.29 is 9.18 Å². The lowest BCUT2D eigenvalue weighted by Crippen LogP contribution is -2.11. The molecule has 0 spiro atoms. The Morgan fingerprint density at radius 2 is 1.58 bits per heavy atom. The van der Waals surface area contributed by atoms with Gasteiger partial charge < -0.3 is 5.32 Å². The summed E-state index contributed by atoms with van der Waals surface area (Å²) in [6.45, 7) is 0. The largest absolute Gasteiger partial charge is 0.322 e. The summed E-state index contributed by atoms with van der Waals surface area (Å²) in [6.07, 6.45) is 0. The van der Waals surface area contributed by atoms with Crippen molar-refractivity contribution in [2.45, 2.75) is 9.79 Å². The minimum absolute atomic E-state index is 0.276. The number of hydrogen-bond donors (Lipinski definition) is 1. The van der Waals surface area contributed by atoms with Crippen molar-refractivity contribution in [2.24, 2.45) is 0 Å². The van der Waals surface area contributed by atoms with Crippen molar-refractivity contribution in [3.63, 3.8) is 0 Å². The zero-order chi connectivity index (χ0) is 16.9. The molecule has 24 heavy (non-hydrogen) atoms. The minimum atomic E-state index is -0.368. The van der Waals surface area contributed by atoms with Crippen molar-refractivity contribution in [3.05, 3.63) is 89.2 Å². The maximum absolute atomic E-state index is 12.9. The Hall–Kier alpha value is -2.30. The Kier molecular flexibility index (Phi) is 5.18. The molecule has 5 heteroatoms. The number of anilines is 1. The fourth-order valence-electron chi connectivity index (χ4n) is 2.07. The van der Waals surface area contributed by atoms with Crippen molar-refractivity contribution in [1.29, 1.82) is 0 Å². The Morgan fingerprint density at radius 1 is 0.917 bits per heavy atom. The van der Waals surface area contributed by atoms with Gasteiger partial charge in [0, 0.05) is 21.0 Å². The van der Waals surface area contributed by atoms with Gasteiger partial charge in [-0.2, -0.15) is 0 Å². The third kappa shape index (κ3) is 4.16. The smallest absolute Gasteiger partial charge is 0.255 e. The first-order chi connectivity index (χ1) is 11.6. The Balaban J connectivity index is 1.67. The lowest BCUT2D eigenvalue weighted by molar-refractivity contribution is 0.102. The minimum Gasteiger partial charge on any atom is -0.322 e. The SMILES string of the molecule is O=C(Nc1ccc(Sc2ccccc2Cl)cc1)c1ccc(F)cc1. The molecule has 0 atom stereocenters. The van der Waals surface area contributed by atoms with Gasteiger partial charge in [0.05, 0.1) is 5.02 Å². The molecule has 3 rings (SSSR count). The third-order valence-electron chi connectivity index (χ3n) is 3.28. The second-order valence-corrected chi connectivity index (χ2v) is 6.54. The molecule has 1 amide bonds. The predicted molar refractivity (Wildman–Crippen MR) is 96.4 cm³/mol. The van der Waals surface area contributed by atoms with E-state index in [0.29, 0.717) is 16.3 Å². The molecular formula is C19H13ClFNOS. The predicted octanol–water partition coefficient (Wildman–Crippen LogP) is 5.88. The van der Waals surface area contributed by atoms with E-state index in [2.05, 4.69) is 5.32 Å². The van der Waals surface area contributed by atoms with Gasteiger partial charge in [-0.15, -0.1) is 0 Å². The van der Waals surface area contributed by atoms with Crippen LogP contribution in [0.1, 0.15) is 10.4 Å². The second-order valence-electron chi connectivity index (χ2n) is 5.02. The van der Waals surface area contributed by atoms with E-state index in [0.717, 1.165) is 9.79 Å². The van der Waals surface area contributed by atoms with Crippen molar-refractivity contribution in [2.75, 3.05) is 5.32 Å². The van der Waals surface area contributed by atoms with Crippen LogP contribution in [-0.4, -0.2) is 5.91 Å². The molecule has 0 saturated carbocycles. The van der Waals surface area contributed by atoms with Crippen LogP contribution >= 0.6 is 23.4 Å². The van der Waals surface area contributed by atoms with Crippen molar-refractivity contribution in [3.8, 4) is 0 Å². The van der Waals surface area contributed by atoms with Gasteiger partial charge in [0.25, 0.3) is 5.91 Å². The van der Waals surface area contributed by atoms with Crippen LogP contribution in [0.5, 0.6) is 0 Å². The molecule has 0 aromatic heterocycles. The summed E-state index contributed by atoms with van der Waals surface area (Å²) in [7, 11) is 0. The molecule has 0 aliphatic rings. The van der Waals surface area contributed by atoms with Crippen LogP contribution in [0.2, 0.25) is 5.02 Å². The second kappa shape index (κ2) is 7.51. The summed E-state index contributed by atoms with van der Waals surface area (Å²) < 4.78 is 12.9. The highest BCUT2D eigenvalue weighted by Crippen LogP contribution is 2.33. The molecule has 120 valence electrons. The molecule has 0 unspecified atom stereocenters. The average Bonchev–Trinajstić information content (AvgIpc) is 2.59. The van der Waals surface area contributed by atoms with Crippen LogP contribution in [0.3, 0.4) is 0 Å². The van der Waals surface area contributed by atoms with Crippen LogP contribution in [-0.2, 0) is 0 Å². The number of amides is 1. The lowest BCUT2D eigenvalue weighted by Gasteiger charge is -2.07. The standard InChI is InChI=1S/C19H13ClFNOS/c20-17-3-1-2-4-18(17)24-16-11-9-15(10-12-16)22-19(23)13-5-7-14(21)8-6-13/h1-12H,(H,22,23). The number of hydrogen-bond acceptors (Lipinski definition) is 2. The van der Waals surface area contributed by atoms with E-state index in [1.165, 1.54) is 24.3 Å². The first-order valence-electron chi connectivity index (χ1n) is 7.21.